The van der Waals surface area contributed by atoms with Gasteiger partial charge in [-0.1, -0.05) is 12.1 Å². The fourth-order valence-electron chi connectivity index (χ4n) is 2.91. The van der Waals surface area contributed by atoms with Gasteiger partial charge >= 0.3 is 0 Å². The van der Waals surface area contributed by atoms with Gasteiger partial charge in [-0.15, -0.1) is 11.3 Å². The SMILES string of the molecule is CC(O)Cc1ccc(-c2cc(C(N)=O)c(NCc3ccc(C(N)=O)cn3)s2)c(F)c1. The lowest BCUT2D eigenvalue weighted by molar-refractivity contribution is 0.0992. The highest BCUT2D eigenvalue weighted by Crippen LogP contribution is 2.37. The highest BCUT2D eigenvalue weighted by molar-refractivity contribution is 7.19. The van der Waals surface area contributed by atoms with Crippen LogP contribution in [0.1, 0.15) is 38.9 Å². The molecule has 2 heterocycles. The lowest BCUT2D eigenvalue weighted by Crippen LogP contribution is -2.13. The van der Waals surface area contributed by atoms with Crippen molar-refractivity contribution in [2.24, 2.45) is 11.5 Å². The number of nitrogens with two attached hydrogens (primary N) is 2. The maximum absolute atomic E-state index is 14.6. The first-order valence-corrected chi connectivity index (χ1v) is 9.95. The van der Waals surface area contributed by atoms with Gasteiger partial charge in [0.05, 0.1) is 29.5 Å². The van der Waals surface area contributed by atoms with Crippen LogP contribution in [0.4, 0.5) is 9.39 Å². The average Bonchev–Trinajstić information content (AvgIpc) is 3.10. The minimum Gasteiger partial charge on any atom is -0.393 e. The second-order valence-electron chi connectivity index (χ2n) is 6.84. The van der Waals surface area contributed by atoms with Crippen molar-refractivity contribution in [1.29, 1.82) is 0 Å². The molecule has 2 aromatic heterocycles. The van der Waals surface area contributed by atoms with Crippen LogP contribution >= 0.6 is 11.3 Å². The number of nitrogens with zero attached hydrogens (tertiary/aromatic N) is 1. The Hall–Kier alpha value is -3.30. The van der Waals surface area contributed by atoms with E-state index in [1.54, 1.807) is 37.3 Å². The molecule has 0 bridgehead atoms. The number of amides is 2. The van der Waals surface area contributed by atoms with E-state index in [4.69, 9.17) is 11.5 Å². The normalized spacial score (nSPS) is 11.8. The number of thiophene rings is 1. The molecule has 0 aliphatic carbocycles. The van der Waals surface area contributed by atoms with E-state index in [1.165, 1.54) is 23.6 Å². The van der Waals surface area contributed by atoms with Gasteiger partial charge in [-0.25, -0.2) is 4.39 Å². The van der Waals surface area contributed by atoms with Crippen LogP contribution in [-0.2, 0) is 13.0 Å². The molecule has 0 aliphatic heterocycles. The summed E-state index contributed by atoms with van der Waals surface area (Å²) < 4.78 is 14.6. The first kappa shape index (κ1) is 21.4. The number of anilines is 1. The van der Waals surface area contributed by atoms with E-state index >= 15 is 0 Å². The number of halogens is 1. The number of benzene rings is 1. The molecule has 9 heteroatoms. The molecule has 1 atom stereocenters. The molecule has 0 saturated heterocycles. The smallest absolute Gasteiger partial charge is 0.251 e. The number of rotatable bonds is 8. The third-order valence-corrected chi connectivity index (χ3v) is 5.49. The number of hydrogen-bond acceptors (Lipinski definition) is 6. The van der Waals surface area contributed by atoms with Crippen molar-refractivity contribution in [1.82, 2.24) is 4.98 Å². The number of primary amides is 2. The van der Waals surface area contributed by atoms with Crippen LogP contribution in [0.2, 0.25) is 0 Å². The van der Waals surface area contributed by atoms with Crippen molar-refractivity contribution in [3.05, 3.63) is 70.8 Å². The number of carbonyl (C=O) groups excluding carboxylic acids is 2. The summed E-state index contributed by atoms with van der Waals surface area (Å²) in [6.07, 6.45) is 1.15. The van der Waals surface area contributed by atoms with Crippen LogP contribution in [0.15, 0.2) is 42.6 Å². The van der Waals surface area contributed by atoms with Crippen molar-refractivity contribution >= 4 is 28.2 Å². The van der Waals surface area contributed by atoms with Crippen molar-refractivity contribution in [2.45, 2.75) is 26.0 Å². The lowest BCUT2D eigenvalue weighted by atomic mass is 10.0. The Morgan fingerprint density at radius 1 is 1.20 bits per heavy atom. The van der Waals surface area contributed by atoms with Crippen LogP contribution in [0.3, 0.4) is 0 Å². The molecule has 0 saturated carbocycles. The highest BCUT2D eigenvalue weighted by Gasteiger charge is 2.17. The summed E-state index contributed by atoms with van der Waals surface area (Å²) in [4.78, 5) is 27.7. The zero-order valence-corrected chi connectivity index (χ0v) is 17.0. The van der Waals surface area contributed by atoms with E-state index in [2.05, 4.69) is 10.3 Å². The zero-order valence-electron chi connectivity index (χ0n) is 16.2. The van der Waals surface area contributed by atoms with Gasteiger partial charge in [0.2, 0.25) is 5.91 Å². The summed E-state index contributed by atoms with van der Waals surface area (Å²) in [5.41, 5.74) is 12.9. The summed E-state index contributed by atoms with van der Waals surface area (Å²) >= 11 is 1.20. The Morgan fingerprint density at radius 3 is 2.53 bits per heavy atom. The second kappa shape index (κ2) is 9.02. The maximum Gasteiger partial charge on any atom is 0.251 e. The van der Waals surface area contributed by atoms with Crippen LogP contribution in [-0.4, -0.2) is 28.0 Å². The molecule has 1 unspecified atom stereocenters. The summed E-state index contributed by atoms with van der Waals surface area (Å²) in [6, 6.07) is 9.50. The Bertz CT molecular complexity index is 1080. The minimum atomic E-state index is -0.636. The molecule has 6 N–H and O–H groups in total. The molecule has 1 aromatic carbocycles. The first-order chi connectivity index (χ1) is 14.2. The highest BCUT2D eigenvalue weighted by atomic mass is 32.1. The fourth-order valence-corrected chi connectivity index (χ4v) is 4.00. The van der Waals surface area contributed by atoms with Gasteiger partial charge in [0, 0.05) is 16.6 Å². The molecule has 30 heavy (non-hydrogen) atoms. The Labute approximate surface area is 176 Å². The lowest BCUT2D eigenvalue weighted by Gasteiger charge is -2.07. The van der Waals surface area contributed by atoms with Crippen LogP contribution in [0.25, 0.3) is 10.4 Å². The molecule has 3 rings (SSSR count). The van der Waals surface area contributed by atoms with Gasteiger partial charge in [-0.05, 0) is 43.2 Å². The number of hydrogen-bond donors (Lipinski definition) is 4. The first-order valence-electron chi connectivity index (χ1n) is 9.13. The van der Waals surface area contributed by atoms with Crippen LogP contribution in [0.5, 0.6) is 0 Å². The maximum atomic E-state index is 14.6. The van der Waals surface area contributed by atoms with E-state index in [0.717, 1.165) is 0 Å². The number of carbonyl (C=O) groups is 2. The van der Waals surface area contributed by atoms with Crippen molar-refractivity contribution < 1.29 is 19.1 Å². The molecule has 0 radical (unpaired) electrons. The topological polar surface area (TPSA) is 131 Å². The Morgan fingerprint density at radius 2 is 1.97 bits per heavy atom. The number of nitrogens with one attached hydrogen (secondary N) is 1. The summed E-state index contributed by atoms with van der Waals surface area (Å²) in [6.45, 7) is 1.91. The quantitative estimate of drug-likeness (QED) is 0.438. The predicted molar refractivity (Wildman–Crippen MR) is 114 cm³/mol. The molecule has 2 amide bonds. The number of pyridine rings is 1. The van der Waals surface area contributed by atoms with Crippen molar-refractivity contribution in [3.63, 3.8) is 0 Å². The largest absolute Gasteiger partial charge is 0.393 e. The third kappa shape index (κ3) is 5.00. The number of aliphatic hydroxyl groups is 1. The van der Waals surface area contributed by atoms with E-state index in [0.29, 0.717) is 38.7 Å². The zero-order chi connectivity index (χ0) is 21.8. The van der Waals surface area contributed by atoms with Gasteiger partial charge in [0.25, 0.3) is 5.91 Å². The molecule has 156 valence electrons. The molecule has 7 nitrogen and oxygen atoms in total. The molecular weight excluding hydrogens is 407 g/mol. The standard InChI is InChI=1S/C21H21FN4O3S/c1-11(27)6-12-2-5-15(17(22)7-12)18-8-16(20(24)29)21(30-18)26-10-14-4-3-13(9-25-14)19(23)28/h2-5,7-9,11,26-27H,6,10H2,1H3,(H2,23,28)(H2,24,29). The van der Waals surface area contributed by atoms with Crippen molar-refractivity contribution in [3.8, 4) is 10.4 Å². The Kier molecular flexibility index (Phi) is 6.43. The van der Waals surface area contributed by atoms with Gasteiger partial charge in [-0.3, -0.25) is 14.6 Å². The summed E-state index contributed by atoms with van der Waals surface area (Å²) in [5.74, 6) is -1.65. The fraction of sp³-hybridized carbons (Fsp3) is 0.190. The van der Waals surface area contributed by atoms with Crippen LogP contribution < -0.4 is 16.8 Å². The van der Waals surface area contributed by atoms with Gasteiger partial charge < -0.3 is 21.9 Å². The monoisotopic (exact) mass is 428 g/mol. The second-order valence-corrected chi connectivity index (χ2v) is 7.89. The average molecular weight is 428 g/mol. The van der Waals surface area contributed by atoms with Gasteiger partial charge in [-0.2, -0.15) is 0 Å². The van der Waals surface area contributed by atoms with Gasteiger partial charge in [0.15, 0.2) is 0 Å². The van der Waals surface area contributed by atoms with Crippen LogP contribution in [0, 0.1) is 5.82 Å². The molecule has 0 spiro atoms. The summed E-state index contributed by atoms with van der Waals surface area (Å²) in [5, 5.41) is 13.1. The van der Waals surface area contributed by atoms with Crippen molar-refractivity contribution in [2.75, 3.05) is 5.32 Å². The number of aliphatic hydroxyl groups excluding tert-OH is 1. The van der Waals surface area contributed by atoms with E-state index in [1.807, 2.05) is 0 Å². The molecule has 3 aromatic rings. The third-order valence-electron chi connectivity index (χ3n) is 4.37. The summed E-state index contributed by atoms with van der Waals surface area (Å²) in [7, 11) is 0. The van der Waals surface area contributed by atoms with E-state index in [-0.39, 0.29) is 12.1 Å². The number of aromatic nitrogens is 1. The predicted octanol–water partition coefficient (Wildman–Crippen LogP) is 2.68. The minimum absolute atomic E-state index is 0.246. The van der Waals surface area contributed by atoms with E-state index in [9.17, 15) is 19.1 Å². The van der Waals surface area contributed by atoms with E-state index < -0.39 is 23.7 Å². The Balaban J connectivity index is 1.83. The van der Waals surface area contributed by atoms with Gasteiger partial charge in [0.1, 0.15) is 10.8 Å². The molecular formula is C21H21FN4O3S. The molecule has 0 aliphatic rings. The molecule has 0 fully saturated rings.